The van der Waals surface area contributed by atoms with E-state index in [9.17, 15) is 10.4 Å². The number of nitriles is 1. The Hall–Kier alpha value is -1.86. The van der Waals surface area contributed by atoms with Crippen LogP contribution >= 0.6 is 11.6 Å². The third-order valence-corrected chi connectivity index (χ3v) is 5.02. The zero-order valence-electron chi connectivity index (χ0n) is 13.5. The molecule has 0 amide bonds. The molecule has 0 unspecified atom stereocenters. The molecule has 3 nitrogen and oxygen atoms in total. The highest BCUT2D eigenvalue weighted by Crippen LogP contribution is 2.35. The number of aliphatic hydroxyl groups is 1. The first-order valence-electron chi connectivity index (χ1n) is 8.23. The van der Waals surface area contributed by atoms with E-state index in [1.165, 1.54) is 0 Å². The maximum atomic E-state index is 10.5. The first-order valence-corrected chi connectivity index (χ1v) is 8.61. The Morgan fingerprint density at radius 3 is 2.54 bits per heavy atom. The molecule has 3 rings (SSSR count). The van der Waals surface area contributed by atoms with Crippen molar-refractivity contribution in [2.24, 2.45) is 0 Å². The van der Waals surface area contributed by atoms with Crippen molar-refractivity contribution in [2.45, 2.75) is 30.9 Å². The van der Waals surface area contributed by atoms with Gasteiger partial charge in [-0.05, 0) is 36.1 Å². The maximum absolute atomic E-state index is 10.5. The molecule has 24 heavy (non-hydrogen) atoms. The summed E-state index contributed by atoms with van der Waals surface area (Å²) < 4.78 is 0. The Morgan fingerprint density at radius 2 is 1.88 bits per heavy atom. The van der Waals surface area contributed by atoms with Crippen LogP contribution in [0.3, 0.4) is 0 Å². The third kappa shape index (κ3) is 3.79. The van der Waals surface area contributed by atoms with E-state index < -0.39 is 11.5 Å². The molecule has 2 atom stereocenters. The van der Waals surface area contributed by atoms with Crippen molar-refractivity contribution in [1.29, 1.82) is 5.26 Å². The van der Waals surface area contributed by atoms with Crippen LogP contribution in [-0.2, 0) is 12.0 Å². The van der Waals surface area contributed by atoms with Crippen LogP contribution in [0, 0.1) is 11.3 Å². The molecule has 0 saturated carbocycles. The lowest BCUT2D eigenvalue weighted by Crippen LogP contribution is -2.30. The number of hydrogen-bond donors (Lipinski definition) is 1. The molecule has 124 valence electrons. The normalized spacial score (nSPS) is 25.0. The molecule has 1 aliphatic rings. The van der Waals surface area contributed by atoms with E-state index in [1.54, 1.807) is 0 Å². The highest BCUT2D eigenvalue weighted by atomic mass is 35.5. The van der Waals surface area contributed by atoms with Gasteiger partial charge in [0.05, 0.1) is 17.6 Å². The van der Waals surface area contributed by atoms with Crippen molar-refractivity contribution < 1.29 is 5.11 Å². The third-order valence-electron chi connectivity index (χ3n) is 4.77. The summed E-state index contributed by atoms with van der Waals surface area (Å²) in [5.41, 5.74) is 1.55. The largest absolute Gasteiger partial charge is 0.392 e. The molecule has 4 heteroatoms. The molecule has 1 aliphatic heterocycles. The summed E-state index contributed by atoms with van der Waals surface area (Å²) in [7, 11) is 0. The Labute approximate surface area is 148 Å². The summed E-state index contributed by atoms with van der Waals surface area (Å²) in [6.45, 7) is 2.12. The molecule has 0 spiro atoms. The van der Waals surface area contributed by atoms with E-state index >= 15 is 0 Å². The van der Waals surface area contributed by atoms with Gasteiger partial charge in [0.15, 0.2) is 0 Å². The molecule has 2 aromatic rings. The van der Waals surface area contributed by atoms with Crippen molar-refractivity contribution in [3.05, 3.63) is 70.7 Å². The number of benzene rings is 2. The van der Waals surface area contributed by atoms with Crippen LogP contribution in [0.2, 0.25) is 5.02 Å². The van der Waals surface area contributed by atoms with Crippen LogP contribution in [-0.4, -0.2) is 29.2 Å². The van der Waals surface area contributed by atoms with Crippen molar-refractivity contribution in [2.75, 3.05) is 13.1 Å². The van der Waals surface area contributed by atoms with Crippen molar-refractivity contribution in [3.8, 4) is 6.07 Å². The van der Waals surface area contributed by atoms with Crippen molar-refractivity contribution >= 4 is 11.6 Å². The van der Waals surface area contributed by atoms with E-state index in [1.807, 2.05) is 54.6 Å². The number of nitrogens with zero attached hydrogens (tertiary/aromatic N) is 2. The lowest BCUT2D eigenvalue weighted by Gasteiger charge is -2.26. The predicted octanol–water partition coefficient (Wildman–Crippen LogP) is 3.76. The Kier molecular flexibility index (Phi) is 5.20. The van der Waals surface area contributed by atoms with Crippen molar-refractivity contribution in [3.63, 3.8) is 0 Å². The van der Waals surface area contributed by atoms with E-state index in [4.69, 9.17) is 11.6 Å². The average Bonchev–Trinajstić information content (AvgIpc) is 2.77. The Balaban J connectivity index is 1.77. The second-order valence-corrected chi connectivity index (χ2v) is 6.97. The van der Waals surface area contributed by atoms with Gasteiger partial charge in [0.25, 0.3) is 0 Å². The van der Waals surface area contributed by atoms with Gasteiger partial charge in [-0.3, -0.25) is 4.90 Å². The molecule has 1 saturated heterocycles. The fourth-order valence-corrected chi connectivity index (χ4v) is 3.61. The fraction of sp³-hybridized carbons (Fsp3) is 0.350. The quantitative estimate of drug-likeness (QED) is 0.925. The lowest BCUT2D eigenvalue weighted by molar-refractivity contribution is 0.112. The topological polar surface area (TPSA) is 47.3 Å². The number of hydrogen-bond acceptors (Lipinski definition) is 3. The summed E-state index contributed by atoms with van der Waals surface area (Å²) in [6.07, 6.45) is 0.683. The number of halogens is 1. The minimum atomic E-state index is -0.616. The highest BCUT2D eigenvalue weighted by molar-refractivity contribution is 6.30. The fourth-order valence-electron chi connectivity index (χ4n) is 3.48. The standard InChI is InChI=1S/C20H21ClN2O/c21-18-8-6-16(7-9-18)13-23-11-10-20(15-22,12-19(24)14-23)17-4-2-1-3-5-17/h1-9,19,24H,10-14H2/t19-,20+/m0/s1. The van der Waals surface area contributed by atoms with Gasteiger partial charge in [-0.25, -0.2) is 0 Å². The van der Waals surface area contributed by atoms with Crippen LogP contribution in [0.1, 0.15) is 24.0 Å². The predicted molar refractivity (Wildman–Crippen MR) is 95.7 cm³/mol. The first kappa shape index (κ1) is 17.0. The monoisotopic (exact) mass is 340 g/mol. The summed E-state index contributed by atoms with van der Waals surface area (Å²) in [5, 5.41) is 21.1. The van der Waals surface area contributed by atoms with Gasteiger partial charge < -0.3 is 5.11 Å². The minimum Gasteiger partial charge on any atom is -0.392 e. The first-order chi connectivity index (χ1) is 11.6. The SMILES string of the molecule is N#C[C@@]1(c2ccccc2)CCN(Cc2ccc(Cl)cc2)C[C@@H](O)C1. The number of likely N-dealkylation sites (tertiary alicyclic amines) is 1. The molecule has 1 N–H and O–H groups in total. The van der Waals surface area contributed by atoms with Gasteiger partial charge in [-0.15, -0.1) is 0 Å². The van der Waals surface area contributed by atoms with E-state index in [0.29, 0.717) is 13.0 Å². The number of β-amino-alcohol motifs (C(OH)–C–C–N with tert-alkyl or cyclic N) is 1. The minimum absolute atomic E-state index is 0.477. The molecular weight excluding hydrogens is 320 g/mol. The van der Waals surface area contributed by atoms with E-state index in [-0.39, 0.29) is 0 Å². The zero-order chi connectivity index (χ0) is 17.0. The van der Waals surface area contributed by atoms with Gasteiger partial charge in [0, 0.05) is 24.7 Å². The molecule has 1 heterocycles. The van der Waals surface area contributed by atoms with E-state index in [0.717, 1.165) is 35.7 Å². The van der Waals surface area contributed by atoms with Crippen LogP contribution in [0.5, 0.6) is 0 Å². The van der Waals surface area contributed by atoms with Crippen LogP contribution < -0.4 is 0 Å². The highest BCUT2D eigenvalue weighted by Gasteiger charge is 2.38. The van der Waals surface area contributed by atoms with Gasteiger partial charge >= 0.3 is 0 Å². The van der Waals surface area contributed by atoms with Crippen LogP contribution in [0.4, 0.5) is 0 Å². The number of rotatable bonds is 3. The average molecular weight is 341 g/mol. The van der Waals surface area contributed by atoms with E-state index in [2.05, 4.69) is 11.0 Å². The Bertz CT molecular complexity index is 711. The zero-order valence-corrected chi connectivity index (χ0v) is 14.3. The summed E-state index contributed by atoms with van der Waals surface area (Å²) in [4.78, 5) is 2.22. The second-order valence-electron chi connectivity index (χ2n) is 6.53. The van der Waals surface area contributed by atoms with Crippen molar-refractivity contribution in [1.82, 2.24) is 4.90 Å². The van der Waals surface area contributed by atoms with Gasteiger partial charge in [0.1, 0.15) is 0 Å². The molecule has 2 aromatic carbocycles. The van der Waals surface area contributed by atoms with Gasteiger partial charge in [-0.2, -0.15) is 5.26 Å². The molecule has 0 aliphatic carbocycles. The molecule has 1 fully saturated rings. The smallest absolute Gasteiger partial charge is 0.0859 e. The van der Waals surface area contributed by atoms with Crippen LogP contribution in [0.25, 0.3) is 0 Å². The summed E-state index contributed by atoms with van der Waals surface area (Å²) >= 11 is 5.94. The maximum Gasteiger partial charge on any atom is 0.0859 e. The molecule has 0 radical (unpaired) electrons. The van der Waals surface area contributed by atoms with Crippen LogP contribution in [0.15, 0.2) is 54.6 Å². The van der Waals surface area contributed by atoms with Gasteiger partial charge in [0.2, 0.25) is 0 Å². The second kappa shape index (κ2) is 7.36. The molecule has 0 aromatic heterocycles. The molecule has 0 bridgehead atoms. The summed E-state index contributed by atoms with van der Waals surface area (Å²) in [6, 6.07) is 20.1. The van der Waals surface area contributed by atoms with Gasteiger partial charge in [-0.1, -0.05) is 54.1 Å². The number of aliphatic hydroxyl groups excluding tert-OH is 1. The Morgan fingerprint density at radius 1 is 1.17 bits per heavy atom. The summed E-state index contributed by atoms with van der Waals surface area (Å²) in [5.74, 6) is 0. The molecular formula is C20H21ClN2O. The lowest BCUT2D eigenvalue weighted by atomic mass is 9.75.